The van der Waals surface area contributed by atoms with Gasteiger partial charge in [0, 0.05) is 6.04 Å². The van der Waals surface area contributed by atoms with E-state index in [1.165, 1.54) is 6.42 Å². The maximum atomic E-state index is 3.42. The van der Waals surface area contributed by atoms with E-state index in [2.05, 4.69) is 38.2 Å². The smallest absolute Gasteiger partial charge is 0.00732 e. The number of nitrogens with one attached hydrogen (secondary N) is 1. The van der Waals surface area contributed by atoms with Gasteiger partial charge in [-0.15, -0.1) is 0 Å². The van der Waals surface area contributed by atoms with Gasteiger partial charge >= 0.3 is 0 Å². The average Bonchev–Trinajstić information content (AvgIpc) is 1.97. The van der Waals surface area contributed by atoms with Gasteiger partial charge in [-0.2, -0.15) is 0 Å². The minimum Gasteiger partial charge on any atom is -0.314 e. The summed E-state index contributed by atoms with van der Waals surface area (Å²) in [5.41, 5.74) is 0. The first-order chi connectivity index (χ1) is 4.81. The predicted molar refractivity (Wildman–Crippen MR) is 47.2 cm³/mol. The lowest BCUT2D eigenvalue weighted by Crippen LogP contribution is -2.25. The molecule has 0 heterocycles. The molecule has 0 amide bonds. The molecule has 0 spiro atoms. The van der Waals surface area contributed by atoms with Gasteiger partial charge in [0.05, 0.1) is 0 Å². The van der Waals surface area contributed by atoms with Gasteiger partial charge in [-0.05, 0) is 33.2 Å². The fourth-order valence-corrected chi connectivity index (χ4v) is 0.814. The fourth-order valence-electron chi connectivity index (χ4n) is 0.814. The molecule has 0 saturated carbocycles. The van der Waals surface area contributed by atoms with Gasteiger partial charge in [0.15, 0.2) is 0 Å². The van der Waals surface area contributed by atoms with Crippen LogP contribution in [0.4, 0.5) is 0 Å². The van der Waals surface area contributed by atoms with Crippen LogP contribution in [0, 0.1) is 0 Å². The van der Waals surface area contributed by atoms with Crippen LogP contribution in [0.15, 0.2) is 12.2 Å². The van der Waals surface area contributed by atoms with Crippen molar-refractivity contribution in [2.45, 2.75) is 39.7 Å². The van der Waals surface area contributed by atoms with Gasteiger partial charge in [-0.1, -0.05) is 19.1 Å². The molecule has 1 N–H and O–H groups in total. The summed E-state index contributed by atoms with van der Waals surface area (Å²) < 4.78 is 0. The molecule has 0 unspecified atom stereocenters. The van der Waals surface area contributed by atoms with Crippen LogP contribution in [0.1, 0.15) is 33.6 Å². The zero-order valence-corrected chi connectivity index (χ0v) is 7.35. The minimum absolute atomic E-state index is 0.635. The van der Waals surface area contributed by atoms with Crippen LogP contribution in [0.2, 0.25) is 0 Å². The molecule has 0 saturated heterocycles. The summed E-state index contributed by atoms with van der Waals surface area (Å²) in [6.07, 6.45) is 6.67. The van der Waals surface area contributed by atoms with Crippen molar-refractivity contribution in [3.8, 4) is 0 Å². The number of hydrogen-bond donors (Lipinski definition) is 1. The van der Waals surface area contributed by atoms with Gasteiger partial charge in [0.1, 0.15) is 0 Å². The third-order valence-electron chi connectivity index (χ3n) is 1.47. The Hall–Kier alpha value is -0.300. The summed E-state index contributed by atoms with van der Waals surface area (Å²) in [4.78, 5) is 0. The Bertz CT molecular complexity index is 86.7. The number of hydrogen-bond acceptors (Lipinski definition) is 1. The highest BCUT2D eigenvalue weighted by molar-refractivity contribution is 4.81. The first-order valence-electron chi connectivity index (χ1n) is 4.15. The monoisotopic (exact) mass is 141 g/mol. The quantitative estimate of drug-likeness (QED) is 0.579. The van der Waals surface area contributed by atoms with Crippen LogP contribution in [-0.4, -0.2) is 12.6 Å². The van der Waals surface area contributed by atoms with Gasteiger partial charge < -0.3 is 5.32 Å². The van der Waals surface area contributed by atoms with Gasteiger partial charge in [0.2, 0.25) is 0 Å². The van der Waals surface area contributed by atoms with E-state index in [9.17, 15) is 0 Å². The van der Waals surface area contributed by atoms with Crippen molar-refractivity contribution in [3.05, 3.63) is 12.2 Å². The molecule has 0 rings (SSSR count). The summed E-state index contributed by atoms with van der Waals surface area (Å²) in [6.45, 7) is 7.61. The van der Waals surface area contributed by atoms with Crippen molar-refractivity contribution in [1.82, 2.24) is 5.32 Å². The fraction of sp³-hybridized carbons (Fsp3) is 0.778. The lowest BCUT2D eigenvalue weighted by atomic mass is 10.2. The van der Waals surface area contributed by atoms with Crippen molar-refractivity contribution in [3.63, 3.8) is 0 Å². The molecule has 0 aromatic carbocycles. The second-order valence-electron chi connectivity index (χ2n) is 2.66. The Morgan fingerprint density at radius 2 is 2.20 bits per heavy atom. The second-order valence-corrected chi connectivity index (χ2v) is 2.66. The highest BCUT2D eigenvalue weighted by Gasteiger charge is 1.94. The normalized spacial score (nSPS) is 14.3. The molecule has 1 heteroatoms. The van der Waals surface area contributed by atoms with Crippen molar-refractivity contribution in [2.75, 3.05) is 6.54 Å². The maximum absolute atomic E-state index is 3.42. The zero-order valence-electron chi connectivity index (χ0n) is 7.35. The second kappa shape index (κ2) is 6.81. The van der Waals surface area contributed by atoms with Crippen LogP contribution >= 0.6 is 0 Å². The summed E-state index contributed by atoms with van der Waals surface area (Å²) >= 11 is 0. The van der Waals surface area contributed by atoms with E-state index in [1.54, 1.807) is 0 Å². The van der Waals surface area contributed by atoms with E-state index < -0.39 is 0 Å². The first kappa shape index (κ1) is 9.70. The van der Waals surface area contributed by atoms with Gasteiger partial charge in [0.25, 0.3) is 0 Å². The molecule has 0 fully saturated rings. The molecule has 1 nitrogen and oxygen atoms in total. The van der Waals surface area contributed by atoms with Crippen molar-refractivity contribution in [1.29, 1.82) is 0 Å². The number of allylic oxidation sites excluding steroid dienone is 1. The van der Waals surface area contributed by atoms with E-state index in [-0.39, 0.29) is 0 Å². The van der Waals surface area contributed by atoms with Crippen molar-refractivity contribution in [2.24, 2.45) is 0 Å². The molecule has 0 aliphatic carbocycles. The average molecular weight is 141 g/mol. The van der Waals surface area contributed by atoms with Crippen molar-refractivity contribution >= 4 is 0 Å². The van der Waals surface area contributed by atoms with Gasteiger partial charge in [-0.3, -0.25) is 0 Å². The Morgan fingerprint density at radius 3 is 2.70 bits per heavy atom. The summed E-state index contributed by atoms with van der Waals surface area (Å²) in [7, 11) is 0. The van der Waals surface area contributed by atoms with Gasteiger partial charge in [-0.25, -0.2) is 0 Å². The first-order valence-corrected chi connectivity index (χ1v) is 4.15. The van der Waals surface area contributed by atoms with Crippen molar-refractivity contribution < 1.29 is 0 Å². The molecule has 10 heavy (non-hydrogen) atoms. The summed E-state index contributed by atoms with van der Waals surface area (Å²) in [5, 5.41) is 3.42. The minimum atomic E-state index is 0.635. The molecular formula is C9H19N. The van der Waals surface area contributed by atoms with Crippen LogP contribution in [0.3, 0.4) is 0 Å². The van der Waals surface area contributed by atoms with E-state index in [0.29, 0.717) is 6.04 Å². The van der Waals surface area contributed by atoms with Crippen LogP contribution in [0.5, 0.6) is 0 Å². The van der Waals surface area contributed by atoms with Crippen LogP contribution in [0.25, 0.3) is 0 Å². The summed E-state index contributed by atoms with van der Waals surface area (Å²) in [6, 6.07) is 0.635. The largest absolute Gasteiger partial charge is 0.314 e. The predicted octanol–water partition coefficient (Wildman–Crippen LogP) is 2.34. The van der Waals surface area contributed by atoms with Crippen LogP contribution < -0.4 is 5.32 Å². The third kappa shape index (κ3) is 5.83. The Morgan fingerprint density at radius 1 is 1.50 bits per heavy atom. The molecule has 0 aromatic heterocycles. The highest BCUT2D eigenvalue weighted by Crippen LogP contribution is 1.91. The highest BCUT2D eigenvalue weighted by atomic mass is 14.9. The molecular weight excluding hydrogens is 122 g/mol. The Kier molecular flexibility index (Phi) is 6.61. The molecule has 1 atom stereocenters. The molecule has 0 aliphatic heterocycles. The molecule has 0 bridgehead atoms. The van der Waals surface area contributed by atoms with E-state index in [0.717, 1.165) is 13.0 Å². The van der Waals surface area contributed by atoms with Crippen LogP contribution in [-0.2, 0) is 0 Å². The topological polar surface area (TPSA) is 12.0 Å². The lowest BCUT2D eigenvalue weighted by molar-refractivity contribution is 0.551. The lowest BCUT2D eigenvalue weighted by Gasteiger charge is -2.09. The van der Waals surface area contributed by atoms with E-state index in [4.69, 9.17) is 0 Å². The Balaban J connectivity index is 3.16. The molecule has 0 aromatic rings. The maximum Gasteiger partial charge on any atom is 0.00732 e. The zero-order chi connectivity index (χ0) is 7.82. The van der Waals surface area contributed by atoms with E-state index in [1.807, 2.05) is 0 Å². The molecule has 60 valence electrons. The Labute approximate surface area is 64.5 Å². The molecule has 0 aliphatic rings. The summed E-state index contributed by atoms with van der Waals surface area (Å²) in [5.74, 6) is 0. The third-order valence-corrected chi connectivity index (χ3v) is 1.47. The van der Waals surface area contributed by atoms with E-state index >= 15 is 0 Å². The number of rotatable bonds is 5. The standard InChI is InChI=1S/C9H19N/c1-4-6-7-9(3)10-8-5-2/h4,6,9-10H,5,7-8H2,1-3H3/b6-4-/t9-/m1/s1. The SMILES string of the molecule is C/C=C\C[C@@H](C)NCCC. The molecule has 0 radical (unpaired) electrons.